The highest BCUT2D eigenvalue weighted by Gasteiger charge is 2.41. The van der Waals surface area contributed by atoms with Gasteiger partial charge in [0.05, 0.1) is 39.2 Å². The molecule has 1 aliphatic rings. The molecule has 12 nitrogen and oxygen atoms in total. The highest BCUT2D eigenvalue weighted by Crippen LogP contribution is 2.38. The number of nitrogens with one attached hydrogen (secondary N) is 2. The number of aromatic nitrogens is 4. The Morgan fingerprint density at radius 2 is 1.87 bits per heavy atom. The number of nitrogens with two attached hydrogens (primary N) is 1. The zero-order valence-corrected chi connectivity index (χ0v) is 21.9. The van der Waals surface area contributed by atoms with Crippen molar-refractivity contribution < 1.29 is 23.7 Å². The van der Waals surface area contributed by atoms with Crippen LogP contribution in [0.15, 0.2) is 47.6 Å². The first-order valence-electron chi connectivity index (χ1n) is 11.8. The van der Waals surface area contributed by atoms with Crippen LogP contribution in [-0.4, -0.2) is 68.5 Å². The van der Waals surface area contributed by atoms with Crippen molar-refractivity contribution in [1.82, 2.24) is 19.9 Å². The lowest BCUT2D eigenvalue weighted by atomic mass is 10.1. The van der Waals surface area contributed by atoms with Gasteiger partial charge in [0.2, 0.25) is 16.0 Å². The molecule has 1 fully saturated rings. The Morgan fingerprint density at radius 3 is 2.53 bits per heavy atom. The molecule has 7 N–H and O–H groups in total. The van der Waals surface area contributed by atoms with Gasteiger partial charge in [0.1, 0.15) is 22.4 Å². The minimum atomic E-state index is -3.78. The number of fused-ring (bicyclic) bond motifs is 1. The lowest BCUT2D eigenvalue weighted by Crippen LogP contribution is -2.35. The van der Waals surface area contributed by atoms with E-state index in [2.05, 4.69) is 25.6 Å². The van der Waals surface area contributed by atoms with E-state index in [1.54, 1.807) is 24.5 Å². The number of rotatable bonds is 8. The smallest absolute Gasteiger partial charge is 0.238 e. The molecule has 3 aromatic heterocycles. The summed E-state index contributed by atoms with van der Waals surface area (Å²) in [5, 5.41) is 42.8. The molecule has 200 valence electrons. The molecule has 0 radical (unpaired) electrons. The highest BCUT2D eigenvalue weighted by atomic mass is 32.2. The summed E-state index contributed by atoms with van der Waals surface area (Å²) >= 11 is 1.46. The third-order valence-corrected chi connectivity index (χ3v) is 8.54. The van der Waals surface area contributed by atoms with Crippen LogP contribution < -0.4 is 15.8 Å². The van der Waals surface area contributed by atoms with Gasteiger partial charge in [-0.05, 0) is 37.1 Å². The second kappa shape index (κ2) is 10.5. The number of pyridine rings is 1. The second-order valence-electron chi connectivity index (χ2n) is 9.17. The minimum Gasteiger partial charge on any atom is -0.396 e. The first-order valence-corrected chi connectivity index (χ1v) is 14.2. The van der Waals surface area contributed by atoms with Crippen LogP contribution >= 0.6 is 11.3 Å². The van der Waals surface area contributed by atoms with E-state index in [-0.39, 0.29) is 11.5 Å². The lowest BCUT2D eigenvalue weighted by molar-refractivity contribution is 0.00446. The first-order chi connectivity index (χ1) is 18.1. The van der Waals surface area contributed by atoms with Crippen LogP contribution in [0.5, 0.6) is 0 Å². The van der Waals surface area contributed by atoms with Gasteiger partial charge in [-0.25, -0.2) is 23.5 Å². The summed E-state index contributed by atoms with van der Waals surface area (Å²) in [6, 6.07) is 7.48. The van der Waals surface area contributed by atoms with Crippen LogP contribution in [0.4, 0.5) is 11.8 Å². The molecule has 0 amide bonds. The maximum atomic E-state index is 11.5. The van der Waals surface area contributed by atoms with Crippen LogP contribution in [0.25, 0.3) is 20.8 Å². The molecule has 0 aliphatic heterocycles. The van der Waals surface area contributed by atoms with Crippen molar-refractivity contribution in [2.45, 2.75) is 43.0 Å². The lowest BCUT2D eigenvalue weighted by Gasteiger charge is -2.21. The molecular formula is C24H27N7O5S2. The van der Waals surface area contributed by atoms with E-state index in [9.17, 15) is 23.7 Å². The van der Waals surface area contributed by atoms with Crippen molar-refractivity contribution >= 4 is 43.3 Å². The van der Waals surface area contributed by atoms with E-state index in [0.717, 1.165) is 15.8 Å². The predicted molar refractivity (Wildman–Crippen MR) is 143 cm³/mol. The summed E-state index contributed by atoms with van der Waals surface area (Å²) < 4.78 is 24.0. The third-order valence-electron chi connectivity index (χ3n) is 6.55. The quantitative estimate of drug-likeness (QED) is 0.182. The number of hydrogen-bond acceptors (Lipinski definition) is 12. The Labute approximate surface area is 222 Å². The van der Waals surface area contributed by atoms with Crippen molar-refractivity contribution in [2.75, 3.05) is 17.2 Å². The van der Waals surface area contributed by atoms with Crippen molar-refractivity contribution in [2.24, 2.45) is 11.1 Å². The Kier molecular flexibility index (Phi) is 7.26. The number of aliphatic hydroxyl groups is 3. The third kappa shape index (κ3) is 5.32. The molecule has 0 saturated heterocycles. The first kappa shape index (κ1) is 26.3. The van der Waals surface area contributed by atoms with Crippen LogP contribution in [0.3, 0.4) is 0 Å². The summed E-state index contributed by atoms with van der Waals surface area (Å²) in [5.74, 6) is 0.269. The number of thiazole rings is 1. The summed E-state index contributed by atoms with van der Waals surface area (Å²) in [5.41, 5.74) is 2.81. The van der Waals surface area contributed by atoms with Crippen LogP contribution in [0.2, 0.25) is 0 Å². The van der Waals surface area contributed by atoms with E-state index in [1.807, 2.05) is 13.0 Å². The monoisotopic (exact) mass is 557 g/mol. The van der Waals surface area contributed by atoms with Crippen LogP contribution in [-0.2, 0) is 16.6 Å². The van der Waals surface area contributed by atoms with E-state index in [1.165, 1.54) is 23.5 Å². The van der Waals surface area contributed by atoms with Gasteiger partial charge in [-0.3, -0.25) is 4.98 Å². The molecule has 0 spiro atoms. The van der Waals surface area contributed by atoms with Crippen LogP contribution in [0.1, 0.15) is 17.7 Å². The van der Waals surface area contributed by atoms with Gasteiger partial charge in [0.25, 0.3) is 0 Å². The zero-order valence-electron chi connectivity index (χ0n) is 20.3. The Morgan fingerprint density at radius 1 is 1.11 bits per heavy atom. The van der Waals surface area contributed by atoms with E-state index in [4.69, 9.17) is 10.1 Å². The second-order valence-corrected chi connectivity index (χ2v) is 11.8. The van der Waals surface area contributed by atoms with E-state index >= 15 is 0 Å². The van der Waals surface area contributed by atoms with Crippen molar-refractivity contribution in [1.29, 1.82) is 0 Å². The fourth-order valence-corrected chi connectivity index (χ4v) is 6.05. The van der Waals surface area contributed by atoms with Crippen molar-refractivity contribution in [3.05, 3.63) is 54.0 Å². The van der Waals surface area contributed by atoms with E-state index in [0.29, 0.717) is 41.0 Å². The SMILES string of the molecule is Cc1nc(NCc2ccc(S(N)(=O)=O)cc2)nc(N[C@@H]2C[C@H](CO)[C@@H](O)[C@H]2O)c1-c1nc2cnccc2s1. The maximum Gasteiger partial charge on any atom is 0.238 e. The van der Waals surface area contributed by atoms with Gasteiger partial charge in [-0.1, -0.05) is 12.1 Å². The fraction of sp³-hybridized carbons (Fsp3) is 0.333. The van der Waals surface area contributed by atoms with Crippen molar-refractivity contribution in [3.63, 3.8) is 0 Å². The zero-order chi connectivity index (χ0) is 27.0. The topological polar surface area (TPSA) is 196 Å². The van der Waals surface area contributed by atoms with Gasteiger partial charge in [-0.2, -0.15) is 4.98 Å². The van der Waals surface area contributed by atoms with Gasteiger partial charge >= 0.3 is 0 Å². The number of aryl methyl sites for hydroxylation is 1. The minimum absolute atomic E-state index is 0.0220. The molecule has 4 atom stereocenters. The molecule has 0 unspecified atom stereocenters. The number of hydrogen-bond donors (Lipinski definition) is 6. The Bertz CT molecular complexity index is 1530. The number of aliphatic hydroxyl groups excluding tert-OH is 3. The molecule has 3 heterocycles. The van der Waals surface area contributed by atoms with Gasteiger partial charge in [0.15, 0.2) is 0 Å². The van der Waals surface area contributed by atoms with Crippen molar-refractivity contribution in [3.8, 4) is 10.6 Å². The maximum absolute atomic E-state index is 11.5. The number of sulfonamides is 1. The average molecular weight is 558 g/mol. The number of benzene rings is 1. The summed E-state index contributed by atoms with van der Waals surface area (Å²) in [6.45, 7) is 1.90. The van der Waals surface area contributed by atoms with Crippen LogP contribution in [0, 0.1) is 12.8 Å². The number of primary sulfonamides is 1. The standard InChI is InChI=1S/C24H27N7O5S2/c1-12-19(23-30-17-10-26-7-6-18(17)37-23)22(29-16-8-14(11-32)20(33)21(16)34)31-24(28-12)27-9-13-2-4-15(5-3-13)38(25,35)36/h2-7,10,14,16,20-21,32-34H,8-9,11H2,1H3,(H2,25,35,36)(H2,27,28,29,31)/t14-,16-,20-,21+/m1/s1. The molecule has 5 rings (SSSR count). The normalized spacial score (nSPS) is 21.6. The summed E-state index contributed by atoms with van der Waals surface area (Å²) in [6.07, 6.45) is 1.57. The highest BCUT2D eigenvalue weighted by molar-refractivity contribution is 7.89. The molecule has 4 aromatic rings. The van der Waals surface area contributed by atoms with Gasteiger partial charge in [0, 0.05) is 25.3 Å². The average Bonchev–Trinajstić information content (AvgIpc) is 3.43. The Hall–Kier alpha value is -3.27. The summed E-state index contributed by atoms with van der Waals surface area (Å²) in [4.78, 5) is 18.1. The summed E-state index contributed by atoms with van der Waals surface area (Å²) in [7, 11) is -3.78. The Balaban J connectivity index is 1.47. The molecule has 1 aliphatic carbocycles. The van der Waals surface area contributed by atoms with E-state index < -0.39 is 34.2 Å². The molecule has 14 heteroatoms. The fourth-order valence-electron chi connectivity index (χ4n) is 4.50. The number of anilines is 2. The largest absolute Gasteiger partial charge is 0.396 e. The van der Waals surface area contributed by atoms with Gasteiger partial charge < -0.3 is 26.0 Å². The predicted octanol–water partition coefficient (Wildman–Crippen LogP) is 1.23. The molecule has 1 aromatic carbocycles. The number of nitrogens with zero attached hydrogens (tertiary/aromatic N) is 4. The molecule has 0 bridgehead atoms. The molecule has 1 saturated carbocycles. The molecular weight excluding hydrogens is 530 g/mol. The molecule has 38 heavy (non-hydrogen) atoms. The van der Waals surface area contributed by atoms with Gasteiger partial charge in [-0.15, -0.1) is 11.3 Å².